The van der Waals surface area contributed by atoms with E-state index >= 15 is 0 Å². The Morgan fingerprint density at radius 2 is 2.12 bits per heavy atom. The third-order valence-electron chi connectivity index (χ3n) is 0.593. The smallest absolute Gasteiger partial charge is 0.323 e. The first-order valence-electron chi connectivity index (χ1n) is 2.34. The molecule has 0 atom stereocenters. The van der Waals surface area contributed by atoms with E-state index in [1.807, 2.05) is 0 Å². The van der Waals surface area contributed by atoms with E-state index in [9.17, 15) is 8.78 Å². The lowest BCUT2D eigenvalue weighted by Gasteiger charge is -2.11. The molecule has 0 rings (SSSR count). The highest BCUT2D eigenvalue weighted by Gasteiger charge is 2.26. The molecule has 0 aromatic heterocycles. The highest BCUT2D eigenvalue weighted by molar-refractivity contribution is 4.49. The minimum Gasteiger partial charge on any atom is -0.323 e. The van der Waals surface area contributed by atoms with Crippen molar-refractivity contribution in [3.8, 4) is 0 Å². The third kappa shape index (κ3) is 2.87. The van der Waals surface area contributed by atoms with Crippen LogP contribution in [0.5, 0.6) is 0 Å². The Hall–Kier alpha value is -0.220. The average molecular weight is 125 g/mol. The Labute approximate surface area is 46.6 Å². The Morgan fingerprint density at radius 1 is 1.62 bits per heavy atom. The molecule has 8 heavy (non-hydrogen) atoms. The monoisotopic (exact) mass is 125 g/mol. The second kappa shape index (κ2) is 2.94. The Kier molecular flexibility index (Phi) is 2.86. The second-order valence-corrected chi connectivity index (χ2v) is 1.27. The number of nitrogens with two attached hydrogens (primary N) is 1. The van der Waals surface area contributed by atoms with E-state index in [1.165, 1.54) is 6.92 Å². The number of alkyl halides is 2. The predicted molar refractivity (Wildman–Crippen MR) is 25.6 cm³/mol. The first-order chi connectivity index (χ1) is 3.62. The normalized spacial score (nSPS) is 12.0. The van der Waals surface area contributed by atoms with Crippen LogP contribution < -0.4 is 5.73 Å². The second-order valence-electron chi connectivity index (χ2n) is 1.27. The molecule has 0 aliphatic heterocycles. The quantitative estimate of drug-likeness (QED) is 0.598. The summed E-state index contributed by atoms with van der Waals surface area (Å²) in [5, 5.41) is 0. The molecular formula is C4H9F2NO. The van der Waals surface area contributed by atoms with Gasteiger partial charge in [0.05, 0.1) is 13.2 Å². The summed E-state index contributed by atoms with van der Waals surface area (Å²) in [4.78, 5) is 0. The van der Waals surface area contributed by atoms with Crippen LogP contribution in [0.15, 0.2) is 0 Å². The molecule has 0 aliphatic carbocycles. The maximum atomic E-state index is 11.8. The lowest BCUT2D eigenvalue weighted by molar-refractivity contribution is -0.226. The van der Waals surface area contributed by atoms with E-state index in [-0.39, 0.29) is 6.61 Å². The SMILES string of the molecule is CCOC(F)(F)CN. The zero-order valence-electron chi connectivity index (χ0n) is 4.66. The fraction of sp³-hybridized carbons (Fsp3) is 1.00. The summed E-state index contributed by atoms with van der Waals surface area (Å²) < 4.78 is 27.5. The number of ether oxygens (including phenoxy) is 1. The van der Waals surface area contributed by atoms with Crippen LogP contribution in [0.25, 0.3) is 0 Å². The summed E-state index contributed by atoms with van der Waals surface area (Å²) in [5.74, 6) is 0. The average Bonchev–Trinajstić information content (AvgIpc) is 1.67. The van der Waals surface area contributed by atoms with Crippen LogP contribution in [0, 0.1) is 0 Å². The minimum atomic E-state index is -3.13. The van der Waals surface area contributed by atoms with E-state index in [0.29, 0.717) is 0 Å². The Bertz CT molecular complexity index is 67.1. The summed E-state index contributed by atoms with van der Waals surface area (Å²) in [5.41, 5.74) is 4.62. The van der Waals surface area contributed by atoms with Crippen LogP contribution in [-0.2, 0) is 4.74 Å². The number of hydrogen-bond donors (Lipinski definition) is 1. The first-order valence-corrected chi connectivity index (χ1v) is 2.34. The van der Waals surface area contributed by atoms with Gasteiger partial charge in [0, 0.05) is 0 Å². The molecule has 0 saturated carbocycles. The molecule has 0 unspecified atom stereocenters. The molecular weight excluding hydrogens is 116 g/mol. The van der Waals surface area contributed by atoms with Crippen LogP contribution in [0.3, 0.4) is 0 Å². The van der Waals surface area contributed by atoms with Crippen molar-refractivity contribution in [2.45, 2.75) is 13.0 Å². The molecule has 2 N–H and O–H groups in total. The first kappa shape index (κ1) is 7.78. The van der Waals surface area contributed by atoms with Gasteiger partial charge in [-0.1, -0.05) is 0 Å². The van der Waals surface area contributed by atoms with Crippen molar-refractivity contribution in [3.63, 3.8) is 0 Å². The van der Waals surface area contributed by atoms with Gasteiger partial charge in [-0.05, 0) is 6.92 Å². The van der Waals surface area contributed by atoms with Gasteiger partial charge in [-0.15, -0.1) is 0 Å². The standard InChI is InChI=1S/C4H9F2NO/c1-2-8-4(5,6)3-7/h2-3,7H2,1H3. The molecule has 0 saturated heterocycles. The van der Waals surface area contributed by atoms with Gasteiger partial charge in [0.2, 0.25) is 0 Å². The molecule has 0 aliphatic rings. The molecule has 2 nitrogen and oxygen atoms in total. The van der Waals surface area contributed by atoms with Gasteiger partial charge < -0.3 is 10.5 Å². The lowest BCUT2D eigenvalue weighted by Crippen LogP contribution is -2.30. The molecule has 0 spiro atoms. The van der Waals surface area contributed by atoms with Crippen LogP contribution in [-0.4, -0.2) is 19.3 Å². The fourth-order valence-electron chi connectivity index (χ4n) is 0.270. The zero-order chi connectivity index (χ0) is 6.62. The van der Waals surface area contributed by atoms with Crippen molar-refractivity contribution in [2.75, 3.05) is 13.2 Å². The molecule has 50 valence electrons. The maximum absolute atomic E-state index is 11.8. The third-order valence-corrected chi connectivity index (χ3v) is 0.593. The fourth-order valence-corrected chi connectivity index (χ4v) is 0.270. The Morgan fingerprint density at radius 3 is 2.25 bits per heavy atom. The molecule has 0 bridgehead atoms. The molecule has 0 heterocycles. The van der Waals surface area contributed by atoms with Gasteiger partial charge in [-0.2, -0.15) is 8.78 Å². The van der Waals surface area contributed by atoms with Crippen molar-refractivity contribution in [3.05, 3.63) is 0 Å². The van der Waals surface area contributed by atoms with E-state index in [4.69, 9.17) is 0 Å². The number of rotatable bonds is 3. The molecule has 0 amide bonds. The van der Waals surface area contributed by atoms with Crippen LogP contribution in [0.1, 0.15) is 6.92 Å². The van der Waals surface area contributed by atoms with Crippen LogP contribution in [0.2, 0.25) is 0 Å². The van der Waals surface area contributed by atoms with Crippen molar-refractivity contribution < 1.29 is 13.5 Å². The van der Waals surface area contributed by atoms with Gasteiger partial charge in [-0.3, -0.25) is 0 Å². The summed E-state index contributed by atoms with van der Waals surface area (Å²) >= 11 is 0. The van der Waals surface area contributed by atoms with E-state index in [0.717, 1.165) is 0 Å². The zero-order valence-corrected chi connectivity index (χ0v) is 4.66. The number of hydrogen-bond acceptors (Lipinski definition) is 2. The van der Waals surface area contributed by atoms with E-state index in [2.05, 4.69) is 10.5 Å². The summed E-state index contributed by atoms with van der Waals surface area (Å²) in [6, 6.07) is 0. The van der Waals surface area contributed by atoms with Gasteiger partial charge in [0.25, 0.3) is 0 Å². The van der Waals surface area contributed by atoms with Crippen LogP contribution in [0.4, 0.5) is 8.78 Å². The van der Waals surface area contributed by atoms with Crippen LogP contribution >= 0.6 is 0 Å². The summed E-state index contributed by atoms with van der Waals surface area (Å²) in [6.07, 6.45) is -3.13. The van der Waals surface area contributed by atoms with Gasteiger partial charge in [-0.25, -0.2) is 0 Å². The van der Waals surface area contributed by atoms with Gasteiger partial charge in [0.1, 0.15) is 0 Å². The molecule has 0 aromatic carbocycles. The predicted octanol–water partition coefficient (Wildman–Crippen LogP) is 0.574. The van der Waals surface area contributed by atoms with Gasteiger partial charge >= 0.3 is 6.11 Å². The van der Waals surface area contributed by atoms with Crippen molar-refractivity contribution in [1.29, 1.82) is 0 Å². The summed E-state index contributed by atoms with van der Waals surface area (Å²) in [6.45, 7) is 0.731. The molecule has 0 aromatic rings. The van der Waals surface area contributed by atoms with E-state index in [1.54, 1.807) is 0 Å². The minimum absolute atomic E-state index is 0.00972. The van der Waals surface area contributed by atoms with Gasteiger partial charge in [0.15, 0.2) is 0 Å². The summed E-state index contributed by atoms with van der Waals surface area (Å²) in [7, 11) is 0. The Balaban J connectivity index is 3.37. The lowest BCUT2D eigenvalue weighted by atomic mass is 10.6. The van der Waals surface area contributed by atoms with Crippen molar-refractivity contribution in [1.82, 2.24) is 0 Å². The topological polar surface area (TPSA) is 35.2 Å². The van der Waals surface area contributed by atoms with E-state index < -0.39 is 12.7 Å². The number of halogens is 2. The highest BCUT2D eigenvalue weighted by atomic mass is 19.3. The molecule has 4 heteroatoms. The largest absolute Gasteiger partial charge is 0.367 e. The highest BCUT2D eigenvalue weighted by Crippen LogP contribution is 2.11. The van der Waals surface area contributed by atoms with Crippen molar-refractivity contribution in [2.24, 2.45) is 5.73 Å². The van der Waals surface area contributed by atoms with Crippen molar-refractivity contribution >= 4 is 0 Å². The molecule has 0 fully saturated rings. The molecule has 0 radical (unpaired) electrons. The maximum Gasteiger partial charge on any atom is 0.367 e.